The molecule has 1 N–H and O–H groups in total. The van der Waals surface area contributed by atoms with Crippen molar-refractivity contribution in [2.75, 3.05) is 6.54 Å². The van der Waals surface area contributed by atoms with Crippen LogP contribution in [0.15, 0.2) is 48.5 Å². The molecule has 0 atom stereocenters. The highest BCUT2D eigenvalue weighted by Crippen LogP contribution is 2.41. The molecule has 3 rings (SSSR count). The van der Waals surface area contributed by atoms with Crippen LogP contribution in [0.2, 0.25) is 0 Å². The van der Waals surface area contributed by atoms with Crippen LogP contribution in [0.3, 0.4) is 0 Å². The molecule has 0 unspecified atom stereocenters. The second-order valence-electron chi connectivity index (χ2n) is 6.43. The molecule has 1 fully saturated rings. The lowest BCUT2D eigenvalue weighted by Crippen LogP contribution is -2.43. The van der Waals surface area contributed by atoms with Gasteiger partial charge in [-0.3, -0.25) is 4.79 Å². The Balaban J connectivity index is 1.66. The standard InChI is InChI=1S/C20H21F2NO/c21-17-7-3-15(4-8-17)11-14-23-19(24)20(12-1-2-13-20)16-5-9-18(22)10-6-16/h3-10H,1-2,11-14H2,(H,23,24). The Morgan fingerprint density at radius 1 is 0.917 bits per heavy atom. The van der Waals surface area contributed by atoms with E-state index in [1.54, 1.807) is 24.3 Å². The van der Waals surface area contributed by atoms with Crippen molar-refractivity contribution >= 4 is 5.91 Å². The fourth-order valence-electron chi connectivity index (χ4n) is 3.53. The van der Waals surface area contributed by atoms with E-state index in [0.717, 1.165) is 36.8 Å². The third-order valence-electron chi connectivity index (χ3n) is 4.90. The minimum Gasteiger partial charge on any atom is -0.355 e. The van der Waals surface area contributed by atoms with Crippen molar-refractivity contribution in [2.24, 2.45) is 0 Å². The monoisotopic (exact) mass is 329 g/mol. The first-order valence-corrected chi connectivity index (χ1v) is 8.39. The lowest BCUT2D eigenvalue weighted by molar-refractivity contribution is -0.126. The largest absolute Gasteiger partial charge is 0.355 e. The third kappa shape index (κ3) is 3.48. The molecule has 0 saturated heterocycles. The van der Waals surface area contributed by atoms with Crippen LogP contribution in [0, 0.1) is 11.6 Å². The first kappa shape index (κ1) is 16.6. The second kappa shape index (κ2) is 7.12. The van der Waals surface area contributed by atoms with Crippen LogP contribution in [-0.4, -0.2) is 12.5 Å². The van der Waals surface area contributed by atoms with Gasteiger partial charge in [-0.15, -0.1) is 0 Å². The van der Waals surface area contributed by atoms with Crippen molar-refractivity contribution in [1.82, 2.24) is 5.32 Å². The van der Waals surface area contributed by atoms with E-state index in [4.69, 9.17) is 0 Å². The van der Waals surface area contributed by atoms with Gasteiger partial charge in [0.25, 0.3) is 0 Å². The summed E-state index contributed by atoms with van der Waals surface area (Å²) in [4.78, 5) is 12.8. The molecule has 0 aliphatic heterocycles. The zero-order valence-corrected chi connectivity index (χ0v) is 13.5. The average Bonchev–Trinajstić information content (AvgIpc) is 3.08. The summed E-state index contributed by atoms with van der Waals surface area (Å²) in [6.07, 6.45) is 4.25. The lowest BCUT2D eigenvalue weighted by atomic mass is 9.78. The molecule has 126 valence electrons. The van der Waals surface area contributed by atoms with Crippen LogP contribution >= 0.6 is 0 Å². The summed E-state index contributed by atoms with van der Waals surface area (Å²) < 4.78 is 26.1. The maximum atomic E-state index is 13.2. The smallest absolute Gasteiger partial charge is 0.230 e. The molecule has 0 spiro atoms. The molecule has 4 heteroatoms. The fourth-order valence-corrected chi connectivity index (χ4v) is 3.53. The summed E-state index contributed by atoms with van der Waals surface area (Å²) in [5, 5.41) is 3.02. The molecule has 1 amide bonds. The van der Waals surface area contributed by atoms with Gasteiger partial charge < -0.3 is 5.32 Å². The van der Waals surface area contributed by atoms with Gasteiger partial charge in [-0.25, -0.2) is 8.78 Å². The molecule has 2 aromatic rings. The van der Waals surface area contributed by atoms with Crippen molar-refractivity contribution in [3.63, 3.8) is 0 Å². The van der Waals surface area contributed by atoms with Crippen molar-refractivity contribution in [1.29, 1.82) is 0 Å². The minimum atomic E-state index is -0.545. The van der Waals surface area contributed by atoms with E-state index in [0.29, 0.717) is 13.0 Å². The Hall–Kier alpha value is -2.23. The Kier molecular flexibility index (Phi) is 4.93. The molecule has 1 saturated carbocycles. The van der Waals surface area contributed by atoms with E-state index >= 15 is 0 Å². The quantitative estimate of drug-likeness (QED) is 0.878. The van der Waals surface area contributed by atoms with Crippen molar-refractivity contribution in [3.8, 4) is 0 Å². The number of rotatable bonds is 5. The minimum absolute atomic E-state index is 0.00807. The summed E-state index contributed by atoms with van der Waals surface area (Å²) in [6, 6.07) is 12.6. The third-order valence-corrected chi connectivity index (χ3v) is 4.90. The lowest BCUT2D eigenvalue weighted by Gasteiger charge is -2.28. The molecule has 0 aromatic heterocycles. The molecule has 0 bridgehead atoms. The first-order chi connectivity index (χ1) is 11.6. The van der Waals surface area contributed by atoms with Gasteiger partial charge in [0.1, 0.15) is 11.6 Å². The predicted octanol–water partition coefficient (Wildman–Crippen LogP) is 4.14. The van der Waals surface area contributed by atoms with Gasteiger partial charge in [-0.05, 0) is 54.7 Å². The Morgan fingerprint density at radius 2 is 1.46 bits per heavy atom. The number of hydrogen-bond donors (Lipinski definition) is 1. The number of carbonyl (C=O) groups excluding carboxylic acids is 1. The highest BCUT2D eigenvalue weighted by atomic mass is 19.1. The van der Waals surface area contributed by atoms with Gasteiger partial charge in [0.15, 0.2) is 0 Å². The van der Waals surface area contributed by atoms with Crippen molar-refractivity contribution < 1.29 is 13.6 Å². The highest BCUT2D eigenvalue weighted by Gasteiger charge is 2.42. The molecule has 1 aliphatic rings. The number of benzene rings is 2. The van der Waals surface area contributed by atoms with Gasteiger partial charge in [0.05, 0.1) is 5.41 Å². The number of hydrogen-bond acceptors (Lipinski definition) is 1. The maximum absolute atomic E-state index is 13.2. The van der Waals surface area contributed by atoms with Crippen LogP contribution in [0.5, 0.6) is 0 Å². The number of halogens is 2. The normalized spacial score (nSPS) is 16.1. The molecule has 2 nitrogen and oxygen atoms in total. The molecule has 0 heterocycles. The van der Waals surface area contributed by atoms with Crippen LogP contribution in [0.4, 0.5) is 8.78 Å². The fraction of sp³-hybridized carbons (Fsp3) is 0.350. The van der Waals surface area contributed by atoms with Gasteiger partial charge in [-0.2, -0.15) is 0 Å². The molecule has 0 radical (unpaired) electrons. The second-order valence-corrected chi connectivity index (χ2v) is 6.43. The van der Waals surface area contributed by atoms with Gasteiger partial charge in [0.2, 0.25) is 5.91 Å². The van der Waals surface area contributed by atoms with Crippen LogP contribution in [0.25, 0.3) is 0 Å². The summed E-state index contributed by atoms with van der Waals surface area (Å²) in [7, 11) is 0. The molecular formula is C20H21F2NO. The first-order valence-electron chi connectivity index (χ1n) is 8.39. The van der Waals surface area contributed by atoms with Crippen LogP contribution in [-0.2, 0) is 16.6 Å². The Bertz CT molecular complexity index is 689. The van der Waals surface area contributed by atoms with E-state index < -0.39 is 5.41 Å². The SMILES string of the molecule is O=C(NCCc1ccc(F)cc1)C1(c2ccc(F)cc2)CCCC1. The van der Waals surface area contributed by atoms with E-state index in [2.05, 4.69) is 5.32 Å². The van der Waals surface area contributed by atoms with Gasteiger partial charge in [-0.1, -0.05) is 37.1 Å². The summed E-state index contributed by atoms with van der Waals surface area (Å²) in [5.41, 5.74) is 1.33. The highest BCUT2D eigenvalue weighted by molar-refractivity contribution is 5.88. The average molecular weight is 329 g/mol. The number of amides is 1. The van der Waals surface area contributed by atoms with E-state index in [-0.39, 0.29) is 17.5 Å². The Morgan fingerprint density at radius 3 is 2.04 bits per heavy atom. The Labute approximate surface area is 140 Å². The van der Waals surface area contributed by atoms with Crippen molar-refractivity contribution in [3.05, 3.63) is 71.3 Å². The van der Waals surface area contributed by atoms with E-state index in [1.807, 2.05) is 0 Å². The van der Waals surface area contributed by atoms with Gasteiger partial charge >= 0.3 is 0 Å². The van der Waals surface area contributed by atoms with Crippen LogP contribution < -0.4 is 5.32 Å². The molecule has 1 aliphatic carbocycles. The summed E-state index contributed by atoms with van der Waals surface area (Å²) >= 11 is 0. The predicted molar refractivity (Wildman–Crippen MR) is 89.7 cm³/mol. The molecule has 24 heavy (non-hydrogen) atoms. The van der Waals surface area contributed by atoms with Gasteiger partial charge in [0, 0.05) is 6.54 Å². The number of nitrogens with one attached hydrogen (secondary N) is 1. The summed E-state index contributed by atoms with van der Waals surface area (Å²) in [5.74, 6) is -0.540. The zero-order valence-electron chi connectivity index (χ0n) is 13.5. The molecular weight excluding hydrogens is 308 g/mol. The topological polar surface area (TPSA) is 29.1 Å². The molecule has 2 aromatic carbocycles. The number of carbonyl (C=O) groups is 1. The van der Waals surface area contributed by atoms with Crippen molar-refractivity contribution in [2.45, 2.75) is 37.5 Å². The summed E-state index contributed by atoms with van der Waals surface area (Å²) in [6.45, 7) is 0.507. The van der Waals surface area contributed by atoms with E-state index in [9.17, 15) is 13.6 Å². The zero-order chi connectivity index (χ0) is 17.0. The van der Waals surface area contributed by atoms with Crippen LogP contribution in [0.1, 0.15) is 36.8 Å². The maximum Gasteiger partial charge on any atom is 0.230 e. The van der Waals surface area contributed by atoms with E-state index in [1.165, 1.54) is 24.3 Å².